The standard InChI is InChI=1S/C22H16Cl2N2O4S/c23-14-6-5-13(9-15(14)24)20(28)25(10-16(27)17-2-1-7-31-17)26-21(29)18-11-3-4-12(8-11)19(18)22(26)30/h1-7,9,11-12,18-19H,8,10H2/t11-,12-,18-,19+/m0/s1. The molecule has 3 amide bonds. The summed E-state index contributed by atoms with van der Waals surface area (Å²) in [4.78, 5) is 53.2. The van der Waals surface area contributed by atoms with Crippen LogP contribution in [0, 0.1) is 23.7 Å². The van der Waals surface area contributed by atoms with Crippen molar-refractivity contribution in [1.29, 1.82) is 0 Å². The van der Waals surface area contributed by atoms with Gasteiger partial charge in [-0.1, -0.05) is 41.4 Å². The van der Waals surface area contributed by atoms with E-state index in [1.807, 2.05) is 12.2 Å². The summed E-state index contributed by atoms with van der Waals surface area (Å²) in [5, 5.41) is 4.03. The van der Waals surface area contributed by atoms with E-state index >= 15 is 0 Å². The fourth-order valence-corrected chi connectivity index (χ4v) is 5.74. The average Bonchev–Trinajstić information content (AvgIpc) is 3.53. The molecule has 2 bridgehead atoms. The molecule has 0 spiro atoms. The second-order valence-electron chi connectivity index (χ2n) is 7.88. The van der Waals surface area contributed by atoms with Gasteiger partial charge in [0, 0.05) is 5.56 Å². The third kappa shape index (κ3) is 3.23. The molecular weight excluding hydrogens is 459 g/mol. The largest absolute Gasteiger partial charge is 0.291 e. The maximum absolute atomic E-state index is 13.4. The molecule has 1 aliphatic heterocycles. The first kappa shape index (κ1) is 20.4. The van der Waals surface area contributed by atoms with Crippen molar-refractivity contribution < 1.29 is 19.2 Å². The number of Topliss-reactive ketones (excluding diaryl/α,β-unsaturated/α-hetero) is 1. The number of hydrogen-bond donors (Lipinski definition) is 0. The number of nitrogens with zero attached hydrogens (tertiary/aromatic N) is 2. The number of imide groups is 1. The molecule has 1 saturated heterocycles. The first-order chi connectivity index (χ1) is 14.9. The topological polar surface area (TPSA) is 74.8 Å². The van der Waals surface area contributed by atoms with Gasteiger partial charge < -0.3 is 0 Å². The Hall–Kier alpha value is -2.48. The molecule has 2 fully saturated rings. The molecule has 0 N–H and O–H groups in total. The lowest BCUT2D eigenvalue weighted by atomic mass is 9.85. The quantitative estimate of drug-likeness (QED) is 0.371. The second kappa shape index (κ2) is 7.58. The van der Waals surface area contributed by atoms with Crippen LogP contribution in [0.1, 0.15) is 26.5 Å². The van der Waals surface area contributed by atoms with Crippen LogP contribution in [-0.2, 0) is 9.59 Å². The third-order valence-corrected chi connectivity index (χ3v) is 7.83. The van der Waals surface area contributed by atoms with E-state index in [1.54, 1.807) is 17.5 Å². The SMILES string of the molecule is O=C(CN(C(=O)c1ccc(Cl)c(Cl)c1)N1C(=O)[C@@H]2[C@H](C1=O)[C@H]1C=C[C@H]2C1)c1cccs1. The van der Waals surface area contributed by atoms with Crippen LogP contribution in [0.4, 0.5) is 0 Å². The van der Waals surface area contributed by atoms with Crippen molar-refractivity contribution in [1.82, 2.24) is 10.0 Å². The van der Waals surface area contributed by atoms with E-state index in [1.165, 1.54) is 29.5 Å². The van der Waals surface area contributed by atoms with Crippen LogP contribution in [0.5, 0.6) is 0 Å². The van der Waals surface area contributed by atoms with E-state index in [4.69, 9.17) is 23.2 Å². The summed E-state index contributed by atoms with van der Waals surface area (Å²) in [5.41, 5.74) is 0.132. The Balaban J connectivity index is 1.51. The molecular formula is C22H16Cl2N2O4S. The monoisotopic (exact) mass is 474 g/mol. The molecule has 2 heterocycles. The highest BCUT2D eigenvalue weighted by Gasteiger charge is 2.61. The van der Waals surface area contributed by atoms with Crippen LogP contribution in [0.15, 0.2) is 47.9 Å². The minimum Gasteiger partial charge on any atom is -0.291 e. The van der Waals surface area contributed by atoms with Crippen LogP contribution in [0.25, 0.3) is 0 Å². The molecule has 2 aromatic rings. The number of thiophene rings is 1. The van der Waals surface area contributed by atoms with E-state index in [-0.39, 0.29) is 33.2 Å². The molecule has 0 unspecified atom stereocenters. The highest BCUT2D eigenvalue weighted by atomic mass is 35.5. The number of ketones is 1. The molecule has 2 aliphatic carbocycles. The van der Waals surface area contributed by atoms with E-state index < -0.39 is 36.1 Å². The van der Waals surface area contributed by atoms with Gasteiger partial charge in [-0.15, -0.1) is 11.3 Å². The van der Waals surface area contributed by atoms with Gasteiger partial charge in [-0.2, -0.15) is 5.01 Å². The first-order valence-corrected chi connectivity index (χ1v) is 11.4. The molecule has 3 aliphatic rings. The zero-order valence-electron chi connectivity index (χ0n) is 16.0. The van der Waals surface area contributed by atoms with Gasteiger partial charge in [0.2, 0.25) is 0 Å². The number of carbonyl (C=O) groups is 4. The fourth-order valence-electron chi connectivity index (χ4n) is 4.79. The van der Waals surface area contributed by atoms with Gasteiger partial charge in [0.25, 0.3) is 17.7 Å². The lowest BCUT2D eigenvalue weighted by molar-refractivity contribution is -0.154. The van der Waals surface area contributed by atoms with Crippen molar-refractivity contribution in [2.45, 2.75) is 6.42 Å². The van der Waals surface area contributed by atoms with E-state index in [2.05, 4.69) is 0 Å². The number of amides is 3. The van der Waals surface area contributed by atoms with Crippen molar-refractivity contribution in [3.05, 3.63) is 68.3 Å². The Kier molecular flexibility index (Phi) is 5.00. The van der Waals surface area contributed by atoms with Gasteiger partial charge in [0.1, 0.15) is 6.54 Å². The van der Waals surface area contributed by atoms with Crippen LogP contribution in [0.2, 0.25) is 10.0 Å². The second-order valence-corrected chi connectivity index (χ2v) is 9.64. The molecule has 158 valence electrons. The fraction of sp³-hybridized carbons (Fsp3) is 0.273. The van der Waals surface area contributed by atoms with Gasteiger partial charge in [-0.25, -0.2) is 5.01 Å². The average molecular weight is 475 g/mol. The lowest BCUT2D eigenvalue weighted by Crippen LogP contribution is -2.52. The Morgan fingerprint density at radius 1 is 1.03 bits per heavy atom. The Labute approximate surface area is 192 Å². The first-order valence-electron chi connectivity index (χ1n) is 9.76. The Bertz CT molecular complexity index is 1120. The number of allylic oxidation sites excluding steroid dienone is 2. The molecule has 5 rings (SSSR count). The smallest absolute Gasteiger partial charge is 0.273 e. The molecule has 9 heteroatoms. The van der Waals surface area contributed by atoms with E-state index in [0.29, 0.717) is 4.88 Å². The summed E-state index contributed by atoms with van der Waals surface area (Å²) in [5.74, 6) is -2.87. The molecule has 6 nitrogen and oxygen atoms in total. The number of benzene rings is 1. The van der Waals surface area contributed by atoms with Crippen molar-refractivity contribution in [3.8, 4) is 0 Å². The minimum absolute atomic E-state index is 0.00799. The van der Waals surface area contributed by atoms with Gasteiger partial charge in [-0.3, -0.25) is 19.2 Å². The zero-order chi connectivity index (χ0) is 21.9. The van der Waals surface area contributed by atoms with Crippen LogP contribution in [0.3, 0.4) is 0 Å². The number of halogens is 2. The summed E-state index contributed by atoms with van der Waals surface area (Å²) < 4.78 is 0. The summed E-state index contributed by atoms with van der Waals surface area (Å²) in [6.45, 7) is -0.431. The Morgan fingerprint density at radius 2 is 1.71 bits per heavy atom. The number of carbonyl (C=O) groups excluding carboxylic acids is 4. The minimum atomic E-state index is -0.662. The summed E-state index contributed by atoms with van der Waals surface area (Å²) in [6, 6.07) is 7.65. The zero-order valence-corrected chi connectivity index (χ0v) is 18.4. The molecule has 4 atom stereocenters. The predicted molar refractivity (Wildman–Crippen MR) is 116 cm³/mol. The van der Waals surface area contributed by atoms with Crippen molar-refractivity contribution in [2.24, 2.45) is 23.7 Å². The summed E-state index contributed by atoms with van der Waals surface area (Å²) >= 11 is 13.3. The van der Waals surface area contributed by atoms with Gasteiger partial charge in [0.15, 0.2) is 5.78 Å². The summed E-state index contributed by atoms with van der Waals surface area (Å²) in [6.07, 6.45) is 4.72. The van der Waals surface area contributed by atoms with Crippen molar-refractivity contribution in [2.75, 3.05) is 6.54 Å². The Morgan fingerprint density at radius 3 is 2.29 bits per heavy atom. The normalized spacial score (nSPS) is 25.9. The third-order valence-electron chi connectivity index (χ3n) is 6.18. The van der Waals surface area contributed by atoms with E-state index in [9.17, 15) is 19.2 Å². The molecule has 1 aromatic heterocycles. The number of hydrogen-bond acceptors (Lipinski definition) is 5. The number of rotatable bonds is 5. The highest BCUT2D eigenvalue weighted by Crippen LogP contribution is 2.52. The van der Waals surface area contributed by atoms with E-state index in [0.717, 1.165) is 16.4 Å². The van der Waals surface area contributed by atoms with Crippen molar-refractivity contribution in [3.63, 3.8) is 0 Å². The predicted octanol–water partition coefficient (Wildman–Crippen LogP) is 4.10. The maximum atomic E-state index is 13.4. The summed E-state index contributed by atoms with van der Waals surface area (Å²) in [7, 11) is 0. The number of hydrazine groups is 1. The van der Waals surface area contributed by atoms with Crippen LogP contribution >= 0.6 is 34.5 Å². The maximum Gasteiger partial charge on any atom is 0.273 e. The molecule has 0 radical (unpaired) electrons. The number of fused-ring (bicyclic) bond motifs is 5. The van der Waals surface area contributed by atoms with Gasteiger partial charge in [-0.05, 0) is 47.9 Å². The highest BCUT2D eigenvalue weighted by molar-refractivity contribution is 7.12. The molecule has 31 heavy (non-hydrogen) atoms. The lowest BCUT2D eigenvalue weighted by Gasteiger charge is -2.30. The molecule has 1 aromatic carbocycles. The van der Waals surface area contributed by atoms with Gasteiger partial charge in [0.05, 0.1) is 26.8 Å². The van der Waals surface area contributed by atoms with Crippen LogP contribution in [-0.4, -0.2) is 40.1 Å². The molecule has 1 saturated carbocycles. The van der Waals surface area contributed by atoms with Crippen LogP contribution < -0.4 is 0 Å². The van der Waals surface area contributed by atoms with Crippen molar-refractivity contribution >= 4 is 58.0 Å². The van der Waals surface area contributed by atoms with Gasteiger partial charge >= 0.3 is 0 Å².